The van der Waals surface area contributed by atoms with Crippen LogP contribution in [-0.2, 0) is 0 Å². The lowest BCUT2D eigenvalue weighted by Gasteiger charge is -2.20. The van der Waals surface area contributed by atoms with Crippen LogP contribution in [0.4, 0.5) is 10.1 Å². The van der Waals surface area contributed by atoms with Gasteiger partial charge in [-0.3, -0.25) is 0 Å². The van der Waals surface area contributed by atoms with E-state index in [1.807, 2.05) is 24.3 Å². The number of hydrogen-bond donors (Lipinski definition) is 2. The van der Waals surface area contributed by atoms with Crippen LogP contribution < -0.4 is 20.5 Å². The first-order chi connectivity index (χ1) is 10.2. The maximum absolute atomic E-state index is 13.8. The van der Waals surface area contributed by atoms with Crippen LogP contribution in [0, 0.1) is 5.82 Å². The molecule has 0 saturated carbocycles. The Morgan fingerprint density at radius 3 is 2.43 bits per heavy atom. The highest BCUT2D eigenvalue weighted by Gasteiger charge is 2.14. The van der Waals surface area contributed by atoms with Gasteiger partial charge in [0.1, 0.15) is 5.75 Å². The van der Waals surface area contributed by atoms with Crippen LogP contribution >= 0.6 is 0 Å². The van der Waals surface area contributed by atoms with Crippen molar-refractivity contribution in [1.29, 1.82) is 0 Å². The molecule has 1 atom stereocenters. The molecule has 0 saturated heterocycles. The normalized spacial score (nSPS) is 11.8. The highest BCUT2D eigenvalue weighted by Crippen LogP contribution is 2.29. The molecule has 4 nitrogen and oxygen atoms in total. The Morgan fingerprint density at radius 2 is 1.81 bits per heavy atom. The van der Waals surface area contributed by atoms with Gasteiger partial charge in [-0.1, -0.05) is 18.2 Å². The molecule has 21 heavy (non-hydrogen) atoms. The average molecular weight is 290 g/mol. The summed E-state index contributed by atoms with van der Waals surface area (Å²) in [7, 11) is 3.04. The standard InChI is InChI=1S/C16H19FN2O2/c1-20-15-8-7-11(9-12(15)17)14(10-18)19-13-5-3-4-6-16(13)21-2/h3-9,14,19H,10,18H2,1-2H3. The molecule has 2 rings (SSSR count). The van der Waals surface area contributed by atoms with Crippen LogP contribution in [0.2, 0.25) is 0 Å². The second kappa shape index (κ2) is 6.95. The van der Waals surface area contributed by atoms with Crippen LogP contribution in [-0.4, -0.2) is 20.8 Å². The van der Waals surface area contributed by atoms with E-state index in [9.17, 15) is 4.39 Å². The van der Waals surface area contributed by atoms with Gasteiger partial charge in [0.15, 0.2) is 11.6 Å². The predicted octanol–water partition coefficient (Wildman–Crippen LogP) is 2.95. The first-order valence-electron chi connectivity index (χ1n) is 6.62. The van der Waals surface area contributed by atoms with Crippen molar-refractivity contribution in [2.75, 3.05) is 26.1 Å². The molecule has 0 aromatic heterocycles. The fraction of sp³-hybridized carbons (Fsp3) is 0.250. The number of halogens is 1. The van der Waals surface area contributed by atoms with E-state index < -0.39 is 5.82 Å². The molecule has 0 aliphatic heterocycles. The number of anilines is 1. The Bertz CT molecular complexity index is 605. The zero-order chi connectivity index (χ0) is 15.2. The van der Waals surface area contributed by atoms with E-state index in [4.69, 9.17) is 15.2 Å². The molecule has 0 heterocycles. The fourth-order valence-electron chi connectivity index (χ4n) is 2.13. The molecule has 2 aromatic rings. The number of rotatable bonds is 6. The lowest BCUT2D eigenvalue weighted by molar-refractivity contribution is 0.386. The maximum Gasteiger partial charge on any atom is 0.165 e. The number of nitrogens with one attached hydrogen (secondary N) is 1. The molecule has 0 amide bonds. The second-order valence-corrected chi connectivity index (χ2v) is 4.53. The Labute approximate surface area is 123 Å². The summed E-state index contributed by atoms with van der Waals surface area (Å²) >= 11 is 0. The lowest BCUT2D eigenvalue weighted by atomic mass is 10.1. The Hall–Kier alpha value is -2.27. The van der Waals surface area contributed by atoms with Gasteiger partial charge in [-0.2, -0.15) is 0 Å². The van der Waals surface area contributed by atoms with Gasteiger partial charge in [-0.25, -0.2) is 4.39 Å². The van der Waals surface area contributed by atoms with Gasteiger partial charge in [0.25, 0.3) is 0 Å². The number of hydrogen-bond acceptors (Lipinski definition) is 4. The molecule has 112 valence electrons. The zero-order valence-electron chi connectivity index (χ0n) is 12.1. The molecule has 0 radical (unpaired) electrons. The van der Waals surface area contributed by atoms with Crippen molar-refractivity contribution in [2.45, 2.75) is 6.04 Å². The van der Waals surface area contributed by atoms with E-state index in [1.54, 1.807) is 19.2 Å². The summed E-state index contributed by atoms with van der Waals surface area (Å²) < 4.78 is 24.0. The zero-order valence-corrected chi connectivity index (χ0v) is 12.1. The number of methoxy groups -OCH3 is 2. The topological polar surface area (TPSA) is 56.5 Å². The third-order valence-corrected chi connectivity index (χ3v) is 3.25. The molecule has 0 spiro atoms. The highest BCUT2D eigenvalue weighted by atomic mass is 19.1. The molecular weight excluding hydrogens is 271 g/mol. The molecular formula is C16H19FN2O2. The average Bonchev–Trinajstić information content (AvgIpc) is 2.52. The van der Waals surface area contributed by atoms with E-state index in [-0.39, 0.29) is 11.8 Å². The van der Waals surface area contributed by atoms with Crippen molar-refractivity contribution >= 4 is 5.69 Å². The number of para-hydroxylation sites is 2. The molecule has 0 bridgehead atoms. The minimum absolute atomic E-state index is 0.215. The summed E-state index contributed by atoms with van der Waals surface area (Å²) in [5.41, 5.74) is 7.37. The van der Waals surface area contributed by atoms with Crippen molar-refractivity contribution in [1.82, 2.24) is 0 Å². The van der Waals surface area contributed by atoms with E-state index in [2.05, 4.69) is 5.32 Å². The summed E-state index contributed by atoms with van der Waals surface area (Å²) in [6.07, 6.45) is 0. The van der Waals surface area contributed by atoms with Gasteiger partial charge in [-0.05, 0) is 29.8 Å². The van der Waals surface area contributed by atoms with Crippen LogP contribution in [0.5, 0.6) is 11.5 Å². The number of benzene rings is 2. The van der Waals surface area contributed by atoms with Gasteiger partial charge in [0.2, 0.25) is 0 Å². The van der Waals surface area contributed by atoms with E-state index in [0.29, 0.717) is 12.3 Å². The van der Waals surface area contributed by atoms with Crippen molar-refractivity contribution in [3.05, 3.63) is 53.8 Å². The van der Waals surface area contributed by atoms with E-state index >= 15 is 0 Å². The van der Waals surface area contributed by atoms with Crippen molar-refractivity contribution in [3.63, 3.8) is 0 Å². The van der Waals surface area contributed by atoms with Crippen LogP contribution in [0.25, 0.3) is 0 Å². The van der Waals surface area contributed by atoms with E-state index in [1.165, 1.54) is 13.2 Å². The molecule has 3 N–H and O–H groups in total. The van der Waals surface area contributed by atoms with Crippen LogP contribution in [0.1, 0.15) is 11.6 Å². The SMILES string of the molecule is COc1ccc(C(CN)Nc2ccccc2OC)cc1F. The molecule has 5 heteroatoms. The van der Waals surface area contributed by atoms with Crippen LogP contribution in [0.3, 0.4) is 0 Å². The lowest BCUT2D eigenvalue weighted by Crippen LogP contribution is -2.21. The molecule has 0 aliphatic rings. The minimum atomic E-state index is -0.407. The van der Waals surface area contributed by atoms with Gasteiger partial charge < -0.3 is 20.5 Å². The Balaban J connectivity index is 2.25. The van der Waals surface area contributed by atoms with Gasteiger partial charge in [-0.15, -0.1) is 0 Å². The van der Waals surface area contributed by atoms with Gasteiger partial charge in [0.05, 0.1) is 25.9 Å². The Kier molecular flexibility index (Phi) is 5.00. The summed E-state index contributed by atoms with van der Waals surface area (Å²) in [6.45, 7) is 0.323. The molecule has 2 aromatic carbocycles. The van der Waals surface area contributed by atoms with Crippen molar-refractivity contribution in [3.8, 4) is 11.5 Å². The van der Waals surface area contributed by atoms with E-state index in [0.717, 1.165) is 11.3 Å². The van der Waals surface area contributed by atoms with Gasteiger partial charge >= 0.3 is 0 Å². The largest absolute Gasteiger partial charge is 0.495 e. The van der Waals surface area contributed by atoms with Crippen LogP contribution in [0.15, 0.2) is 42.5 Å². The maximum atomic E-state index is 13.8. The molecule has 0 aliphatic carbocycles. The molecule has 0 fully saturated rings. The summed E-state index contributed by atoms with van der Waals surface area (Å²) in [6, 6.07) is 12.1. The predicted molar refractivity (Wildman–Crippen MR) is 81.4 cm³/mol. The van der Waals surface area contributed by atoms with Gasteiger partial charge in [0, 0.05) is 6.54 Å². The summed E-state index contributed by atoms with van der Waals surface area (Å²) in [4.78, 5) is 0. The van der Waals surface area contributed by atoms with Crippen molar-refractivity contribution in [2.24, 2.45) is 5.73 Å². The summed E-state index contributed by atoms with van der Waals surface area (Å²) in [5.74, 6) is 0.520. The minimum Gasteiger partial charge on any atom is -0.495 e. The highest BCUT2D eigenvalue weighted by molar-refractivity contribution is 5.57. The smallest absolute Gasteiger partial charge is 0.165 e. The fourth-order valence-corrected chi connectivity index (χ4v) is 2.13. The number of nitrogens with two attached hydrogens (primary N) is 1. The monoisotopic (exact) mass is 290 g/mol. The molecule has 1 unspecified atom stereocenters. The first-order valence-corrected chi connectivity index (χ1v) is 6.62. The third kappa shape index (κ3) is 3.44. The Morgan fingerprint density at radius 1 is 1.10 bits per heavy atom. The van der Waals surface area contributed by atoms with Crippen molar-refractivity contribution < 1.29 is 13.9 Å². The number of ether oxygens (including phenoxy) is 2. The first kappa shape index (κ1) is 15.1. The second-order valence-electron chi connectivity index (χ2n) is 4.53. The summed E-state index contributed by atoms with van der Waals surface area (Å²) in [5, 5.41) is 3.27. The quantitative estimate of drug-likeness (QED) is 0.859. The third-order valence-electron chi connectivity index (χ3n) is 3.25.